The topological polar surface area (TPSA) is 148 Å². The summed E-state index contributed by atoms with van der Waals surface area (Å²) in [5.74, 6) is -1.27. The lowest BCUT2D eigenvalue weighted by molar-refractivity contribution is -0.225. The average Bonchev–Trinajstić information content (AvgIpc) is 3.41. The first kappa shape index (κ1) is 47.5. The van der Waals surface area contributed by atoms with Gasteiger partial charge in [-0.25, -0.2) is 0 Å². The summed E-state index contributed by atoms with van der Waals surface area (Å²) in [5, 5.41) is 31.1. The van der Waals surface area contributed by atoms with Crippen molar-refractivity contribution in [3.05, 3.63) is 59.8 Å². The van der Waals surface area contributed by atoms with Gasteiger partial charge in [0.25, 0.3) is 5.91 Å². The number of allylic oxidation sites excluding steroid dienone is 3. The Morgan fingerprint density at radius 3 is 2.20 bits per heavy atom. The lowest BCUT2D eigenvalue weighted by Crippen LogP contribution is -2.49. The van der Waals surface area contributed by atoms with Crippen LogP contribution in [0.2, 0.25) is 0 Å². The van der Waals surface area contributed by atoms with E-state index >= 15 is 0 Å². The predicted octanol–water partition coefficient (Wildman–Crippen LogP) is 10.0. The molecule has 1 aromatic carbocycles. The Kier molecular flexibility index (Phi) is 22.6. The molecule has 2 aliphatic rings. The fourth-order valence-corrected chi connectivity index (χ4v) is 9.07. The van der Waals surface area contributed by atoms with Crippen LogP contribution >= 0.6 is 63.7 Å². The molecule has 15 heteroatoms. The Bertz CT molecular complexity index is 1480. The van der Waals surface area contributed by atoms with E-state index in [-0.39, 0.29) is 37.7 Å². The molecule has 0 saturated heterocycles. The van der Waals surface area contributed by atoms with Crippen molar-refractivity contribution in [2.24, 2.45) is 5.16 Å². The first-order valence-corrected chi connectivity index (χ1v) is 22.6. The van der Waals surface area contributed by atoms with Crippen molar-refractivity contribution in [1.82, 2.24) is 10.6 Å². The van der Waals surface area contributed by atoms with Gasteiger partial charge in [0.15, 0.2) is 11.8 Å². The SMILES string of the molecule is CCCCC/C=C\CCCCCCCCCCCC(=O)NCC(O)c1cc(Br)c(OCCCNC(=O)C2=NO[C@]3(CC(Br)=C(OC)C(Br)=CO3)[C@H]2O)c(Br)c1. The number of amides is 2. The first-order chi connectivity index (χ1) is 26.5. The lowest BCUT2D eigenvalue weighted by Gasteiger charge is -2.27. The fourth-order valence-electron chi connectivity index (χ4n) is 6.09. The van der Waals surface area contributed by atoms with Gasteiger partial charge in [-0.05, 0) is 104 Å². The number of oxime groups is 1. The molecule has 0 radical (unpaired) electrons. The molecule has 0 aromatic heterocycles. The Morgan fingerprint density at radius 1 is 0.945 bits per heavy atom. The summed E-state index contributed by atoms with van der Waals surface area (Å²) < 4.78 is 19.3. The monoisotopic (exact) mass is 1020 g/mol. The van der Waals surface area contributed by atoms with E-state index in [1.165, 1.54) is 84.0 Å². The maximum absolute atomic E-state index is 12.8. The smallest absolute Gasteiger partial charge is 0.311 e. The van der Waals surface area contributed by atoms with Crippen molar-refractivity contribution in [2.75, 3.05) is 26.8 Å². The van der Waals surface area contributed by atoms with Crippen LogP contribution in [0.3, 0.4) is 0 Å². The predicted molar refractivity (Wildman–Crippen MR) is 230 cm³/mol. The van der Waals surface area contributed by atoms with Gasteiger partial charge in [-0.1, -0.05) is 97.9 Å². The summed E-state index contributed by atoms with van der Waals surface area (Å²) in [5.41, 5.74) is 0.413. The van der Waals surface area contributed by atoms with Crippen molar-refractivity contribution >= 4 is 81.2 Å². The maximum atomic E-state index is 12.8. The average molecular weight is 1030 g/mol. The van der Waals surface area contributed by atoms with Crippen LogP contribution in [0, 0.1) is 0 Å². The number of hydrogen-bond acceptors (Lipinski definition) is 9. The molecular weight excluding hydrogens is 970 g/mol. The number of methoxy groups -OCH3 is 1. The molecule has 0 bridgehead atoms. The van der Waals surface area contributed by atoms with Crippen LogP contribution in [0.1, 0.15) is 128 Å². The van der Waals surface area contributed by atoms with Crippen molar-refractivity contribution in [3.8, 4) is 5.75 Å². The van der Waals surface area contributed by atoms with E-state index in [4.69, 9.17) is 19.0 Å². The molecule has 0 aliphatic carbocycles. The van der Waals surface area contributed by atoms with Gasteiger partial charge in [0.1, 0.15) is 17.8 Å². The number of unbranched alkanes of at least 4 members (excludes halogenated alkanes) is 12. The highest BCUT2D eigenvalue weighted by atomic mass is 79.9. The molecule has 55 heavy (non-hydrogen) atoms. The molecule has 2 aliphatic heterocycles. The van der Waals surface area contributed by atoms with Crippen molar-refractivity contribution < 1.29 is 38.9 Å². The molecule has 308 valence electrons. The Labute approximate surface area is 360 Å². The zero-order valence-corrected chi connectivity index (χ0v) is 38.3. The molecule has 11 nitrogen and oxygen atoms in total. The molecule has 1 aromatic rings. The van der Waals surface area contributed by atoms with E-state index in [1.54, 1.807) is 12.1 Å². The summed E-state index contributed by atoms with van der Waals surface area (Å²) in [6.07, 6.45) is 21.7. The second kappa shape index (κ2) is 26.2. The second-order valence-electron chi connectivity index (χ2n) is 13.8. The summed E-state index contributed by atoms with van der Waals surface area (Å²) in [4.78, 5) is 30.7. The van der Waals surface area contributed by atoms with Crippen molar-refractivity contribution in [3.63, 3.8) is 0 Å². The van der Waals surface area contributed by atoms with Crippen molar-refractivity contribution in [2.45, 2.75) is 134 Å². The third-order valence-corrected chi connectivity index (χ3v) is 11.7. The van der Waals surface area contributed by atoms with Gasteiger partial charge in [0, 0.05) is 24.0 Å². The Hall–Kier alpha value is -1.91. The van der Waals surface area contributed by atoms with Crippen LogP contribution in [-0.4, -0.2) is 66.4 Å². The van der Waals surface area contributed by atoms with Crippen molar-refractivity contribution in [1.29, 1.82) is 0 Å². The summed E-state index contributed by atoms with van der Waals surface area (Å²) in [6.45, 7) is 2.86. The molecule has 2 heterocycles. The number of nitrogens with one attached hydrogen (secondary N) is 2. The molecule has 0 fully saturated rings. The molecule has 2 amide bonds. The van der Waals surface area contributed by atoms with Gasteiger partial charge in [-0.2, -0.15) is 0 Å². The first-order valence-electron chi connectivity index (χ1n) is 19.4. The number of rotatable bonds is 26. The van der Waals surface area contributed by atoms with E-state index in [2.05, 4.69) is 98.6 Å². The third-order valence-electron chi connectivity index (χ3n) is 9.30. The number of aliphatic hydroxyl groups is 2. The molecule has 1 unspecified atom stereocenters. The highest BCUT2D eigenvalue weighted by molar-refractivity contribution is 9.12. The summed E-state index contributed by atoms with van der Waals surface area (Å²) in [6, 6.07) is 3.51. The maximum Gasteiger partial charge on any atom is 0.311 e. The quantitative estimate of drug-likeness (QED) is 0.0530. The minimum atomic E-state index is -1.62. The van der Waals surface area contributed by atoms with Gasteiger partial charge in [-0.3, -0.25) is 9.59 Å². The van der Waals surface area contributed by atoms with E-state index in [0.29, 0.717) is 47.8 Å². The lowest BCUT2D eigenvalue weighted by atomic mass is 10.0. The molecule has 4 N–H and O–H groups in total. The van der Waals surface area contributed by atoms with Crippen LogP contribution in [0.4, 0.5) is 0 Å². The number of halogens is 4. The molecule has 1 spiro atoms. The van der Waals surface area contributed by atoms with Crippen LogP contribution in [0.5, 0.6) is 5.75 Å². The standard InChI is InChI=1S/C40H57Br4N3O8/c1-3-4-5-6-7-8-9-10-11-12-13-14-15-16-17-18-20-34(49)46-26-33(48)28-23-29(41)37(30(42)24-28)53-22-19-21-45-39(51)35-38(50)40(55-47-35)25-31(43)36(52-2)32(44)27-54-40/h7-8,23-24,27,33,38,48,50H,3-6,9-22,25-26H2,1-2H3,(H,45,51)(H,46,49)/b8-7-/t33?,38-,40+/m0/s1. The van der Waals surface area contributed by atoms with Crippen LogP contribution in [0.15, 0.2) is 59.4 Å². The minimum absolute atomic E-state index is 0.0454. The van der Waals surface area contributed by atoms with Crippen LogP contribution in [0.25, 0.3) is 0 Å². The Balaban J connectivity index is 1.26. The van der Waals surface area contributed by atoms with Gasteiger partial charge < -0.3 is 39.9 Å². The highest BCUT2D eigenvalue weighted by Gasteiger charge is 2.54. The fraction of sp³-hybridized carbons (Fsp3) is 0.625. The highest BCUT2D eigenvalue weighted by Crippen LogP contribution is 2.41. The summed E-state index contributed by atoms with van der Waals surface area (Å²) >= 11 is 13.8. The molecule has 3 rings (SSSR count). The number of carbonyl (C=O) groups excluding carboxylic acids is 2. The number of ether oxygens (including phenoxy) is 3. The largest absolute Gasteiger partial charge is 0.495 e. The number of benzene rings is 1. The molecular formula is C40H57Br4N3O8. The van der Waals surface area contributed by atoms with Crippen LogP contribution in [-0.2, 0) is 23.9 Å². The molecule has 0 saturated carbocycles. The normalized spacial score (nSPS) is 18.7. The number of hydrogen-bond donors (Lipinski definition) is 4. The van der Waals surface area contributed by atoms with Gasteiger partial charge in [0.05, 0.1) is 39.7 Å². The van der Waals surface area contributed by atoms with E-state index in [9.17, 15) is 19.8 Å². The van der Waals surface area contributed by atoms with E-state index in [1.807, 2.05) is 0 Å². The van der Waals surface area contributed by atoms with E-state index in [0.717, 1.165) is 19.3 Å². The van der Waals surface area contributed by atoms with Crippen LogP contribution < -0.4 is 15.4 Å². The summed E-state index contributed by atoms with van der Waals surface area (Å²) in [7, 11) is 1.50. The number of carbonyl (C=O) groups is 2. The van der Waals surface area contributed by atoms with Gasteiger partial charge in [-0.15, -0.1) is 0 Å². The zero-order chi connectivity index (χ0) is 40.1. The number of aliphatic hydroxyl groups excluding tert-OH is 2. The van der Waals surface area contributed by atoms with E-state index < -0.39 is 23.9 Å². The minimum Gasteiger partial charge on any atom is -0.495 e. The van der Waals surface area contributed by atoms with Gasteiger partial charge in [0.2, 0.25) is 5.91 Å². The Morgan fingerprint density at radius 2 is 1.56 bits per heavy atom. The molecule has 3 atom stereocenters. The zero-order valence-electron chi connectivity index (χ0n) is 32.0. The van der Waals surface area contributed by atoms with Gasteiger partial charge >= 0.3 is 5.79 Å². The second-order valence-corrected chi connectivity index (χ2v) is 17.3. The number of nitrogens with zero attached hydrogens (tertiary/aromatic N) is 1. The third kappa shape index (κ3) is 16.1.